The third-order valence-electron chi connectivity index (χ3n) is 2.91. The molecule has 1 fully saturated rings. The van der Waals surface area contributed by atoms with E-state index in [1.54, 1.807) is 6.20 Å². The van der Waals surface area contributed by atoms with Crippen LogP contribution in [-0.2, 0) is 6.54 Å². The molecule has 1 heterocycles. The monoisotopic (exact) mass is 221 g/mol. The van der Waals surface area contributed by atoms with Gasteiger partial charge in [-0.2, -0.15) is 0 Å². The van der Waals surface area contributed by atoms with Crippen LogP contribution >= 0.6 is 0 Å². The van der Waals surface area contributed by atoms with E-state index in [0.717, 1.165) is 24.0 Å². The summed E-state index contributed by atoms with van der Waals surface area (Å²) in [6.45, 7) is 2.09. The number of aromatic nitrogens is 1. The van der Waals surface area contributed by atoms with Gasteiger partial charge in [-0.15, -0.1) is 0 Å². The topological polar surface area (TPSA) is 51.4 Å². The van der Waals surface area contributed by atoms with Crippen molar-refractivity contribution >= 4 is 0 Å². The summed E-state index contributed by atoms with van der Waals surface area (Å²) >= 11 is 0. The Bertz CT molecular complexity index is 339. The molecule has 1 aromatic rings. The van der Waals surface area contributed by atoms with E-state index in [1.807, 2.05) is 12.1 Å². The van der Waals surface area contributed by atoms with Crippen molar-refractivity contribution in [3.05, 3.63) is 24.0 Å². The standard InChI is InChI=1S/C12H19N3O/c1-15(10-4-5-10)7-8-16-12-3-2-6-14-11(12)9-13/h2-3,6,10H,4-5,7-9,13H2,1H3. The summed E-state index contributed by atoms with van der Waals surface area (Å²) in [4.78, 5) is 6.52. The molecule has 4 heteroatoms. The smallest absolute Gasteiger partial charge is 0.142 e. The first-order chi connectivity index (χ1) is 7.81. The lowest BCUT2D eigenvalue weighted by molar-refractivity contribution is 0.230. The first-order valence-corrected chi connectivity index (χ1v) is 5.78. The number of nitrogens with zero attached hydrogens (tertiary/aromatic N) is 2. The summed E-state index contributed by atoms with van der Waals surface area (Å²) in [6, 6.07) is 4.58. The molecule has 2 rings (SSSR count). The van der Waals surface area contributed by atoms with Gasteiger partial charge in [-0.3, -0.25) is 4.98 Å². The van der Waals surface area contributed by atoms with Gasteiger partial charge < -0.3 is 15.4 Å². The maximum atomic E-state index is 5.69. The van der Waals surface area contributed by atoms with Gasteiger partial charge in [0.15, 0.2) is 0 Å². The third-order valence-corrected chi connectivity index (χ3v) is 2.91. The average Bonchev–Trinajstić information content (AvgIpc) is 3.13. The zero-order valence-corrected chi connectivity index (χ0v) is 9.72. The lowest BCUT2D eigenvalue weighted by atomic mass is 10.3. The number of hydrogen-bond donors (Lipinski definition) is 1. The second-order valence-electron chi connectivity index (χ2n) is 4.21. The van der Waals surface area contributed by atoms with Crippen molar-refractivity contribution in [1.29, 1.82) is 0 Å². The summed E-state index contributed by atoms with van der Waals surface area (Å²) < 4.78 is 5.69. The molecule has 1 aromatic heterocycles. The van der Waals surface area contributed by atoms with Crippen LogP contribution in [0.5, 0.6) is 5.75 Å². The molecular formula is C12H19N3O. The van der Waals surface area contributed by atoms with Crippen molar-refractivity contribution in [2.75, 3.05) is 20.2 Å². The zero-order chi connectivity index (χ0) is 11.4. The molecule has 0 atom stereocenters. The van der Waals surface area contributed by atoms with E-state index in [9.17, 15) is 0 Å². The molecule has 1 aliphatic carbocycles. The number of rotatable bonds is 6. The molecule has 0 aliphatic heterocycles. The summed E-state index contributed by atoms with van der Waals surface area (Å²) in [5.41, 5.74) is 6.42. The Hall–Kier alpha value is -1.13. The van der Waals surface area contributed by atoms with Crippen molar-refractivity contribution < 1.29 is 4.74 Å². The second kappa shape index (κ2) is 5.27. The Kier molecular flexibility index (Phi) is 3.74. The molecule has 0 aromatic carbocycles. The van der Waals surface area contributed by atoms with Crippen molar-refractivity contribution in [3.63, 3.8) is 0 Å². The lowest BCUT2D eigenvalue weighted by Crippen LogP contribution is -2.26. The fourth-order valence-corrected chi connectivity index (χ4v) is 1.71. The molecule has 2 N–H and O–H groups in total. The Labute approximate surface area is 96.4 Å². The number of ether oxygens (including phenoxy) is 1. The molecule has 1 aliphatic rings. The van der Waals surface area contributed by atoms with Crippen LogP contribution in [0, 0.1) is 0 Å². The zero-order valence-electron chi connectivity index (χ0n) is 9.72. The predicted octanol–water partition coefficient (Wildman–Crippen LogP) is 1.01. The van der Waals surface area contributed by atoms with Crippen molar-refractivity contribution in [1.82, 2.24) is 9.88 Å². The highest BCUT2D eigenvalue weighted by molar-refractivity contribution is 5.26. The van der Waals surface area contributed by atoms with Gasteiger partial charge in [0.2, 0.25) is 0 Å². The van der Waals surface area contributed by atoms with Crippen LogP contribution in [0.3, 0.4) is 0 Å². The molecule has 4 nitrogen and oxygen atoms in total. The van der Waals surface area contributed by atoms with Crippen LogP contribution in [0.15, 0.2) is 18.3 Å². The van der Waals surface area contributed by atoms with Gasteiger partial charge in [0, 0.05) is 25.3 Å². The normalized spacial score (nSPS) is 15.4. The Morgan fingerprint density at radius 1 is 1.56 bits per heavy atom. The molecule has 88 valence electrons. The van der Waals surface area contributed by atoms with E-state index in [2.05, 4.69) is 16.9 Å². The SMILES string of the molecule is CN(CCOc1cccnc1CN)C1CC1. The Balaban J connectivity index is 1.79. The quantitative estimate of drug-likeness (QED) is 0.779. The van der Waals surface area contributed by atoms with Gasteiger partial charge in [0.25, 0.3) is 0 Å². The highest BCUT2D eigenvalue weighted by atomic mass is 16.5. The first kappa shape index (κ1) is 11.4. The van der Waals surface area contributed by atoms with Gasteiger partial charge in [0.1, 0.15) is 12.4 Å². The maximum absolute atomic E-state index is 5.69. The summed E-state index contributed by atoms with van der Waals surface area (Å²) in [5.74, 6) is 0.814. The fourth-order valence-electron chi connectivity index (χ4n) is 1.71. The van der Waals surface area contributed by atoms with E-state index < -0.39 is 0 Å². The predicted molar refractivity (Wildman–Crippen MR) is 63.3 cm³/mol. The summed E-state index contributed by atoms with van der Waals surface area (Å²) in [6.07, 6.45) is 4.40. The minimum absolute atomic E-state index is 0.425. The highest BCUT2D eigenvalue weighted by Crippen LogP contribution is 2.24. The maximum Gasteiger partial charge on any atom is 0.142 e. The minimum Gasteiger partial charge on any atom is -0.490 e. The minimum atomic E-state index is 0.425. The van der Waals surface area contributed by atoms with Crippen LogP contribution in [0.2, 0.25) is 0 Å². The second-order valence-corrected chi connectivity index (χ2v) is 4.21. The van der Waals surface area contributed by atoms with Crippen LogP contribution in [0.4, 0.5) is 0 Å². The lowest BCUT2D eigenvalue weighted by Gasteiger charge is -2.16. The van der Waals surface area contributed by atoms with Gasteiger partial charge in [-0.25, -0.2) is 0 Å². The number of likely N-dealkylation sites (N-methyl/N-ethyl adjacent to an activating group) is 1. The molecule has 0 amide bonds. The summed E-state index contributed by atoms with van der Waals surface area (Å²) in [5, 5.41) is 0. The molecule has 0 unspecified atom stereocenters. The summed E-state index contributed by atoms with van der Waals surface area (Å²) in [7, 11) is 2.15. The van der Waals surface area contributed by atoms with Gasteiger partial charge in [-0.1, -0.05) is 0 Å². The van der Waals surface area contributed by atoms with Crippen molar-refractivity contribution in [3.8, 4) is 5.75 Å². The first-order valence-electron chi connectivity index (χ1n) is 5.78. The molecular weight excluding hydrogens is 202 g/mol. The van der Waals surface area contributed by atoms with Crippen LogP contribution in [-0.4, -0.2) is 36.1 Å². The number of hydrogen-bond acceptors (Lipinski definition) is 4. The van der Waals surface area contributed by atoms with Crippen LogP contribution < -0.4 is 10.5 Å². The fraction of sp³-hybridized carbons (Fsp3) is 0.583. The molecule has 0 bridgehead atoms. The van der Waals surface area contributed by atoms with Crippen molar-refractivity contribution in [2.45, 2.75) is 25.4 Å². The van der Waals surface area contributed by atoms with E-state index in [-0.39, 0.29) is 0 Å². The van der Waals surface area contributed by atoms with Gasteiger partial charge in [0.05, 0.1) is 5.69 Å². The van der Waals surface area contributed by atoms with E-state index in [4.69, 9.17) is 10.5 Å². The van der Waals surface area contributed by atoms with E-state index in [1.165, 1.54) is 12.8 Å². The van der Waals surface area contributed by atoms with Crippen molar-refractivity contribution in [2.24, 2.45) is 5.73 Å². The molecule has 16 heavy (non-hydrogen) atoms. The molecule has 0 radical (unpaired) electrons. The molecule has 0 saturated heterocycles. The van der Waals surface area contributed by atoms with Gasteiger partial charge in [-0.05, 0) is 32.0 Å². The van der Waals surface area contributed by atoms with Crippen LogP contribution in [0.25, 0.3) is 0 Å². The average molecular weight is 221 g/mol. The van der Waals surface area contributed by atoms with E-state index >= 15 is 0 Å². The van der Waals surface area contributed by atoms with E-state index in [0.29, 0.717) is 13.2 Å². The van der Waals surface area contributed by atoms with Gasteiger partial charge >= 0.3 is 0 Å². The Morgan fingerprint density at radius 2 is 2.38 bits per heavy atom. The Morgan fingerprint density at radius 3 is 3.06 bits per heavy atom. The third kappa shape index (κ3) is 2.93. The number of pyridine rings is 1. The molecule has 1 saturated carbocycles. The molecule has 0 spiro atoms. The largest absolute Gasteiger partial charge is 0.490 e. The number of nitrogens with two attached hydrogens (primary N) is 1. The van der Waals surface area contributed by atoms with Crippen LogP contribution in [0.1, 0.15) is 18.5 Å². The highest BCUT2D eigenvalue weighted by Gasteiger charge is 2.25.